The van der Waals surface area contributed by atoms with E-state index < -0.39 is 0 Å². The maximum Gasteiger partial charge on any atom is 0.00780 e. The van der Waals surface area contributed by atoms with Gasteiger partial charge < -0.3 is 5.73 Å². The van der Waals surface area contributed by atoms with Gasteiger partial charge in [-0.15, -0.1) is 0 Å². The van der Waals surface area contributed by atoms with Gasteiger partial charge in [0.1, 0.15) is 0 Å². The zero-order valence-corrected chi connectivity index (χ0v) is 12.2. The highest BCUT2D eigenvalue weighted by molar-refractivity contribution is 5.29. The van der Waals surface area contributed by atoms with Crippen molar-refractivity contribution in [3.63, 3.8) is 0 Å². The van der Waals surface area contributed by atoms with Crippen LogP contribution in [-0.2, 0) is 5.41 Å². The minimum absolute atomic E-state index is 0.186. The van der Waals surface area contributed by atoms with Gasteiger partial charge in [-0.05, 0) is 42.6 Å². The number of hydrogen-bond donors (Lipinski definition) is 1. The molecule has 1 aliphatic rings. The predicted octanol–water partition coefficient (Wildman–Crippen LogP) is 4.04. The summed E-state index contributed by atoms with van der Waals surface area (Å²) in [5.74, 6) is 1.40. The average molecular weight is 245 g/mol. The standard InChI is InChI=1S/C17H27N/c1-12-6-5-7-14(10-12)17(3,4)15-9-8-13(2)11-16(15)18/h5-7,10,13,15-16H,8-9,11,18H2,1-4H3. The second kappa shape index (κ2) is 5.05. The molecule has 1 nitrogen and oxygen atoms in total. The quantitative estimate of drug-likeness (QED) is 0.836. The molecule has 3 atom stereocenters. The van der Waals surface area contributed by atoms with Crippen molar-refractivity contribution in [3.05, 3.63) is 35.4 Å². The normalized spacial score (nSPS) is 29.3. The third kappa shape index (κ3) is 2.61. The van der Waals surface area contributed by atoms with Crippen molar-refractivity contribution in [2.75, 3.05) is 0 Å². The van der Waals surface area contributed by atoms with E-state index in [-0.39, 0.29) is 5.41 Å². The zero-order chi connectivity index (χ0) is 13.3. The van der Waals surface area contributed by atoms with Crippen LogP contribution in [0.2, 0.25) is 0 Å². The lowest BCUT2D eigenvalue weighted by molar-refractivity contribution is 0.171. The van der Waals surface area contributed by atoms with Crippen LogP contribution in [0.1, 0.15) is 51.2 Å². The Morgan fingerprint density at radius 1 is 1.22 bits per heavy atom. The number of rotatable bonds is 2. The second-order valence-corrected chi connectivity index (χ2v) is 6.78. The SMILES string of the molecule is Cc1cccc(C(C)(C)C2CCC(C)CC2N)c1. The lowest BCUT2D eigenvalue weighted by Crippen LogP contribution is -2.45. The Balaban J connectivity index is 2.25. The van der Waals surface area contributed by atoms with Gasteiger partial charge in [0.05, 0.1) is 0 Å². The maximum atomic E-state index is 6.43. The fourth-order valence-corrected chi connectivity index (χ4v) is 3.58. The van der Waals surface area contributed by atoms with Crippen LogP contribution in [0.15, 0.2) is 24.3 Å². The molecule has 18 heavy (non-hydrogen) atoms. The summed E-state index contributed by atoms with van der Waals surface area (Å²) < 4.78 is 0. The third-order valence-electron chi connectivity index (χ3n) is 4.85. The third-order valence-corrected chi connectivity index (χ3v) is 4.85. The minimum Gasteiger partial charge on any atom is -0.327 e. The van der Waals surface area contributed by atoms with Gasteiger partial charge >= 0.3 is 0 Å². The van der Waals surface area contributed by atoms with Crippen molar-refractivity contribution < 1.29 is 0 Å². The summed E-state index contributed by atoms with van der Waals surface area (Å²) in [7, 11) is 0. The molecule has 2 N–H and O–H groups in total. The molecule has 0 aromatic heterocycles. The van der Waals surface area contributed by atoms with E-state index in [0.29, 0.717) is 12.0 Å². The molecule has 3 unspecified atom stereocenters. The molecule has 1 aromatic carbocycles. The van der Waals surface area contributed by atoms with Crippen LogP contribution < -0.4 is 5.73 Å². The molecular weight excluding hydrogens is 218 g/mol. The molecule has 0 spiro atoms. The Labute approximate surface area is 112 Å². The van der Waals surface area contributed by atoms with Crippen LogP contribution in [0, 0.1) is 18.8 Å². The van der Waals surface area contributed by atoms with Crippen molar-refractivity contribution >= 4 is 0 Å². The van der Waals surface area contributed by atoms with Crippen LogP contribution in [0.5, 0.6) is 0 Å². The fourth-order valence-electron chi connectivity index (χ4n) is 3.58. The van der Waals surface area contributed by atoms with E-state index in [2.05, 4.69) is 52.0 Å². The maximum absolute atomic E-state index is 6.43. The van der Waals surface area contributed by atoms with Gasteiger partial charge in [-0.1, -0.05) is 57.0 Å². The van der Waals surface area contributed by atoms with E-state index in [1.165, 1.54) is 30.4 Å². The molecule has 0 aliphatic heterocycles. The average Bonchev–Trinajstić information content (AvgIpc) is 2.28. The number of aryl methyl sites for hydroxylation is 1. The van der Waals surface area contributed by atoms with Gasteiger partial charge in [-0.3, -0.25) is 0 Å². The van der Waals surface area contributed by atoms with Crippen molar-refractivity contribution in [2.45, 2.75) is 58.4 Å². The van der Waals surface area contributed by atoms with Gasteiger partial charge in [-0.25, -0.2) is 0 Å². The Bertz CT molecular complexity index is 408. The largest absolute Gasteiger partial charge is 0.327 e. The van der Waals surface area contributed by atoms with Gasteiger partial charge in [0.25, 0.3) is 0 Å². The van der Waals surface area contributed by atoms with Crippen LogP contribution >= 0.6 is 0 Å². The molecule has 0 radical (unpaired) electrons. The van der Waals surface area contributed by atoms with Gasteiger partial charge in [0.15, 0.2) is 0 Å². The second-order valence-electron chi connectivity index (χ2n) is 6.78. The smallest absolute Gasteiger partial charge is 0.00780 e. The highest BCUT2D eigenvalue weighted by atomic mass is 14.7. The van der Waals surface area contributed by atoms with Gasteiger partial charge in [0.2, 0.25) is 0 Å². The molecule has 1 fully saturated rings. The monoisotopic (exact) mass is 245 g/mol. The molecule has 0 heterocycles. The van der Waals surface area contributed by atoms with E-state index in [4.69, 9.17) is 5.73 Å². The minimum atomic E-state index is 0.186. The molecule has 100 valence electrons. The molecule has 1 aromatic rings. The van der Waals surface area contributed by atoms with Crippen molar-refractivity contribution in [3.8, 4) is 0 Å². The summed E-state index contributed by atoms with van der Waals surface area (Å²) in [4.78, 5) is 0. The molecule has 2 rings (SSSR count). The van der Waals surface area contributed by atoms with E-state index in [0.717, 1.165) is 5.92 Å². The summed E-state index contributed by atoms with van der Waals surface area (Å²) >= 11 is 0. The molecule has 0 bridgehead atoms. The first-order chi connectivity index (χ1) is 8.41. The molecular formula is C17H27N. The Hall–Kier alpha value is -0.820. The topological polar surface area (TPSA) is 26.0 Å². The van der Waals surface area contributed by atoms with E-state index in [9.17, 15) is 0 Å². The number of nitrogens with two attached hydrogens (primary N) is 1. The zero-order valence-electron chi connectivity index (χ0n) is 12.2. The van der Waals surface area contributed by atoms with Crippen molar-refractivity contribution in [1.29, 1.82) is 0 Å². The number of hydrogen-bond acceptors (Lipinski definition) is 1. The predicted molar refractivity (Wildman–Crippen MR) is 78.7 cm³/mol. The van der Waals surface area contributed by atoms with Crippen LogP contribution in [0.4, 0.5) is 0 Å². The Morgan fingerprint density at radius 2 is 1.94 bits per heavy atom. The summed E-state index contributed by atoms with van der Waals surface area (Å²) in [5.41, 5.74) is 9.40. The van der Waals surface area contributed by atoms with Gasteiger partial charge in [-0.2, -0.15) is 0 Å². The Morgan fingerprint density at radius 3 is 2.56 bits per heavy atom. The Kier molecular flexibility index (Phi) is 3.82. The highest BCUT2D eigenvalue weighted by Gasteiger charge is 2.38. The summed E-state index contributed by atoms with van der Waals surface area (Å²) in [5, 5.41) is 0. The molecule has 0 saturated heterocycles. The molecule has 0 amide bonds. The van der Waals surface area contributed by atoms with Crippen molar-refractivity contribution in [2.24, 2.45) is 17.6 Å². The lowest BCUT2D eigenvalue weighted by atomic mass is 9.64. The van der Waals surface area contributed by atoms with E-state index in [1.54, 1.807) is 0 Å². The highest BCUT2D eigenvalue weighted by Crippen LogP contribution is 2.41. The van der Waals surface area contributed by atoms with Crippen LogP contribution in [-0.4, -0.2) is 6.04 Å². The van der Waals surface area contributed by atoms with Gasteiger partial charge in [0, 0.05) is 6.04 Å². The molecule has 1 heteroatoms. The van der Waals surface area contributed by atoms with Crippen LogP contribution in [0.25, 0.3) is 0 Å². The lowest BCUT2D eigenvalue weighted by Gasteiger charge is -2.43. The van der Waals surface area contributed by atoms with E-state index in [1.807, 2.05) is 0 Å². The summed E-state index contributed by atoms with van der Waals surface area (Å²) in [6.45, 7) is 9.22. The molecule has 1 aliphatic carbocycles. The molecule has 1 saturated carbocycles. The van der Waals surface area contributed by atoms with Crippen LogP contribution in [0.3, 0.4) is 0 Å². The summed E-state index contributed by atoms with van der Waals surface area (Å²) in [6, 6.07) is 9.28. The van der Waals surface area contributed by atoms with E-state index >= 15 is 0 Å². The number of benzene rings is 1. The van der Waals surface area contributed by atoms with Crippen molar-refractivity contribution in [1.82, 2.24) is 0 Å². The first-order valence-electron chi connectivity index (χ1n) is 7.24. The first kappa shape index (κ1) is 13.6. The summed E-state index contributed by atoms with van der Waals surface area (Å²) in [6.07, 6.45) is 3.77. The first-order valence-corrected chi connectivity index (χ1v) is 7.24. The fraction of sp³-hybridized carbons (Fsp3) is 0.647.